The molecule has 2 aliphatic heterocycles. The number of hydrogen-bond acceptors (Lipinski definition) is 7. The summed E-state index contributed by atoms with van der Waals surface area (Å²) in [6.07, 6.45) is 5.02. The Balaban J connectivity index is 0.00000196. The zero-order chi connectivity index (χ0) is 17.1. The van der Waals surface area contributed by atoms with Crippen molar-refractivity contribution >= 4 is 18.3 Å². The van der Waals surface area contributed by atoms with Gasteiger partial charge in [0.05, 0.1) is 0 Å². The molecule has 1 fully saturated rings. The summed E-state index contributed by atoms with van der Waals surface area (Å²) in [6, 6.07) is 0. The third-order valence-electron chi connectivity index (χ3n) is 4.47. The van der Waals surface area contributed by atoms with E-state index < -0.39 is 0 Å². The Labute approximate surface area is 157 Å². The summed E-state index contributed by atoms with van der Waals surface area (Å²) >= 11 is 0. The first-order valence-electron chi connectivity index (χ1n) is 8.78. The fourth-order valence-electron chi connectivity index (χ4n) is 3.13. The highest BCUT2D eigenvalue weighted by molar-refractivity contribution is 5.92. The molecule has 0 aliphatic carbocycles. The van der Waals surface area contributed by atoms with Crippen LogP contribution in [0.15, 0.2) is 10.7 Å². The van der Waals surface area contributed by atoms with Crippen LogP contribution in [0.3, 0.4) is 0 Å². The number of amides is 1. The van der Waals surface area contributed by atoms with Crippen LogP contribution in [0.2, 0.25) is 0 Å². The Bertz CT molecular complexity index is 717. The number of hydrogen-bond donors (Lipinski definition) is 2. The fraction of sp³-hybridized carbons (Fsp3) is 0.625. The Hall–Kier alpha value is -1.97. The average Bonchev–Trinajstić information content (AvgIpc) is 3.33. The summed E-state index contributed by atoms with van der Waals surface area (Å²) in [4.78, 5) is 21.0. The lowest BCUT2D eigenvalue weighted by Gasteiger charge is -2.01. The summed E-state index contributed by atoms with van der Waals surface area (Å²) in [5.74, 6) is 1.90. The Morgan fingerprint density at radius 3 is 3.15 bits per heavy atom. The van der Waals surface area contributed by atoms with Crippen LogP contribution in [0.1, 0.15) is 47.0 Å². The molecule has 2 aromatic heterocycles. The van der Waals surface area contributed by atoms with Crippen molar-refractivity contribution in [3.8, 4) is 0 Å². The number of nitrogens with one attached hydrogen (secondary N) is 2. The van der Waals surface area contributed by atoms with Gasteiger partial charge in [-0.2, -0.15) is 4.98 Å². The number of imidazole rings is 1. The molecule has 2 N–H and O–H groups in total. The van der Waals surface area contributed by atoms with E-state index >= 15 is 0 Å². The van der Waals surface area contributed by atoms with Crippen LogP contribution in [0.5, 0.6) is 0 Å². The summed E-state index contributed by atoms with van der Waals surface area (Å²) < 4.78 is 12.8. The van der Waals surface area contributed by atoms with E-state index in [0.717, 1.165) is 51.3 Å². The highest BCUT2D eigenvalue weighted by atomic mass is 35.5. The smallest absolute Gasteiger partial charge is 0.271 e. The Kier molecular flexibility index (Phi) is 6.23. The number of carbonyl (C=O) groups excluding carboxylic acids is 1. The van der Waals surface area contributed by atoms with Crippen molar-refractivity contribution in [2.75, 3.05) is 26.2 Å². The predicted octanol–water partition coefficient (Wildman–Crippen LogP) is 0.658. The zero-order valence-corrected chi connectivity index (χ0v) is 15.3. The minimum absolute atomic E-state index is 0. The third kappa shape index (κ3) is 4.22. The van der Waals surface area contributed by atoms with Crippen LogP contribution in [-0.4, -0.2) is 51.8 Å². The van der Waals surface area contributed by atoms with Gasteiger partial charge < -0.3 is 24.5 Å². The molecule has 26 heavy (non-hydrogen) atoms. The van der Waals surface area contributed by atoms with Gasteiger partial charge in [-0.05, 0) is 12.8 Å². The van der Waals surface area contributed by atoms with Crippen molar-refractivity contribution < 1.29 is 14.1 Å². The van der Waals surface area contributed by atoms with E-state index in [0.29, 0.717) is 30.4 Å². The molecule has 10 heteroatoms. The van der Waals surface area contributed by atoms with E-state index in [1.807, 2.05) is 10.8 Å². The monoisotopic (exact) mass is 382 g/mol. The topological polar surface area (TPSA) is 107 Å². The van der Waals surface area contributed by atoms with E-state index in [2.05, 4.69) is 25.8 Å². The van der Waals surface area contributed by atoms with Crippen LogP contribution < -0.4 is 10.6 Å². The molecule has 1 atom stereocenters. The molecule has 2 aliphatic rings. The number of carbonyl (C=O) groups is 1. The van der Waals surface area contributed by atoms with Gasteiger partial charge >= 0.3 is 0 Å². The van der Waals surface area contributed by atoms with Gasteiger partial charge in [0, 0.05) is 51.8 Å². The molecule has 0 radical (unpaired) electrons. The highest BCUT2D eigenvalue weighted by Gasteiger charge is 2.23. The summed E-state index contributed by atoms with van der Waals surface area (Å²) in [5, 5.41) is 10.1. The molecule has 142 valence electrons. The van der Waals surface area contributed by atoms with Crippen LogP contribution in [0, 0.1) is 0 Å². The number of rotatable bonds is 5. The lowest BCUT2D eigenvalue weighted by Crippen LogP contribution is -2.26. The summed E-state index contributed by atoms with van der Waals surface area (Å²) in [5.41, 5.74) is 0.463. The fourth-order valence-corrected chi connectivity index (χ4v) is 3.13. The second-order valence-corrected chi connectivity index (χ2v) is 6.29. The number of aromatic nitrogens is 4. The van der Waals surface area contributed by atoms with Gasteiger partial charge in [-0.1, -0.05) is 5.16 Å². The second-order valence-electron chi connectivity index (χ2n) is 6.29. The Morgan fingerprint density at radius 2 is 2.31 bits per heavy atom. The normalized spacial score (nSPS) is 19.5. The first-order chi connectivity index (χ1) is 12.3. The van der Waals surface area contributed by atoms with Crippen molar-refractivity contribution in [1.82, 2.24) is 30.3 Å². The zero-order valence-electron chi connectivity index (χ0n) is 14.4. The van der Waals surface area contributed by atoms with E-state index in [1.54, 1.807) is 0 Å². The van der Waals surface area contributed by atoms with Gasteiger partial charge in [-0.25, -0.2) is 4.98 Å². The van der Waals surface area contributed by atoms with Gasteiger partial charge in [-0.3, -0.25) is 4.79 Å². The number of halogens is 1. The molecular weight excluding hydrogens is 360 g/mol. The van der Waals surface area contributed by atoms with Gasteiger partial charge in [-0.15, -0.1) is 12.4 Å². The van der Waals surface area contributed by atoms with Crippen molar-refractivity contribution in [3.05, 3.63) is 29.4 Å². The molecule has 0 bridgehead atoms. The maximum Gasteiger partial charge on any atom is 0.271 e. The van der Waals surface area contributed by atoms with Crippen LogP contribution in [0.25, 0.3) is 0 Å². The van der Waals surface area contributed by atoms with Crippen LogP contribution in [-0.2, 0) is 24.1 Å². The molecule has 1 saturated heterocycles. The number of fused-ring (bicyclic) bond motifs is 1. The van der Waals surface area contributed by atoms with Crippen molar-refractivity contribution in [1.29, 1.82) is 0 Å². The van der Waals surface area contributed by atoms with Gasteiger partial charge in [0.1, 0.15) is 17.6 Å². The van der Waals surface area contributed by atoms with E-state index in [4.69, 9.17) is 9.26 Å². The molecule has 0 saturated carbocycles. The molecule has 0 aromatic carbocycles. The average molecular weight is 383 g/mol. The van der Waals surface area contributed by atoms with E-state index in [9.17, 15) is 4.79 Å². The molecule has 9 nitrogen and oxygen atoms in total. The van der Waals surface area contributed by atoms with Crippen molar-refractivity contribution in [2.45, 2.75) is 38.3 Å². The largest absolute Gasteiger partial charge is 0.368 e. The SMILES string of the molecule is Cl.O=C(NCCc1noc(C2CCCO2)n1)c1cn2c(n1)CCNCC2. The molecule has 2 aromatic rings. The van der Waals surface area contributed by atoms with Gasteiger partial charge in [0.2, 0.25) is 0 Å². The standard InChI is InChI=1S/C16H22N6O3.ClH/c23-15(11-10-22-8-7-17-5-4-14(22)19-11)18-6-3-13-20-16(25-21-13)12-2-1-9-24-12;/h10,12,17H,1-9H2,(H,18,23);1H. The van der Waals surface area contributed by atoms with E-state index in [1.165, 1.54) is 0 Å². The predicted molar refractivity (Wildman–Crippen MR) is 94.3 cm³/mol. The molecule has 4 heterocycles. The summed E-state index contributed by atoms with van der Waals surface area (Å²) in [7, 11) is 0. The lowest BCUT2D eigenvalue weighted by molar-refractivity contribution is 0.0835. The molecule has 0 spiro atoms. The third-order valence-corrected chi connectivity index (χ3v) is 4.47. The first-order valence-corrected chi connectivity index (χ1v) is 8.78. The maximum absolute atomic E-state index is 12.3. The molecule has 1 unspecified atom stereocenters. The maximum atomic E-state index is 12.3. The first kappa shape index (κ1) is 18.8. The minimum atomic E-state index is -0.170. The second kappa shape index (κ2) is 8.61. The minimum Gasteiger partial charge on any atom is -0.368 e. The van der Waals surface area contributed by atoms with Gasteiger partial charge in [0.25, 0.3) is 11.8 Å². The number of nitrogens with zero attached hydrogens (tertiary/aromatic N) is 4. The van der Waals surface area contributed by atoms with Crippen LogP contribution >= 0.6 is 12.4 Å². The van der Waals surface area contributed by atoms with Crippen LogP contribution in [0.4, 0.5) is 0 Å². The number of ether oxygens (including phenoxy) is 1. The lowest BCUT2D eigenvalue weighted by atomic mass is 10.2. The quantitative estimate of drug-likeness (QED) is 0.782. The van der Waals surface area contributed by atoms with Crippen molar-refractivity contribution in [2.24, 2.45) is 0 Å². The molecular formula is C16H23ClN6O3. The van der Waals surface area contributed by atoms with Gasteiger partial charge in [0.15, 0.2) is 5.82 Å². The van der Waals surface area contributed by atoms with E-state index in [-0.39, 0.29) is 24.4 Å². The van der Waals surface area contributed by atoms with Crippen molar-refractivity contribution in [3.63, 3.8) is 0 Å². The Morgan fingerprint density at radius 1 is 1.38 bits per heavy atom. The molecule has 4 rings (SSSR count). The highest BCUT2D eigenvalue weighted by Crippen LogP contribution is 2.26. The summed E-state index contributed by atoms with van der Waals surface area (Å²) in [6.45, 7) is 3.80. The molecule has 1 amide bonds.